The molecule has 7 aliphatic rings. The zero-order chi connectivity index (χ0) is 34.9. The average molecular weight is 707 g/mol. The van der Waals surface area contributed by atoms with Crippen molar-refractivity contribution in [3.8, 4) is 0 Å². The number of fused-ring (bicyclic) bond motifs is 4. The third-order valence-electron chi connectivity index (χ3n) is 11.6. The van der Waals surface area contributed by atoms with Crippen LogP contribution in [0.15, 0.2) is 11.8 Å². The van der Waals surface area contributed by atoms with Crippen LogP contribution in [0.5, 0.6) is 0 Å². The second-order valence-electron chi connectivity index (χ2n) is 14.2. The van der Waals surface area contributed by atoms with Crippen LogP contribution >= 0.6 is 0 Å². The minimum atomic E-state index is -1.67. The summed E-state index contributed by atoms with van der Waals surface area (Å²) in [7, 11) is 0. The summed E-state index contributed by atoms with van der Waals surface area (Å²) in [6, 6.07) is 0. The molecule has 0 aromatic heterocycles. The highest BCUT2D eigenvalue weighted by molar-refractivity contribution is 5.89. The molecule has 4 saturated heterocycles. The van der Waals surface area contributed by atoms with E-state index in [1.54, 1.807) is 0 Å². The number of epoxide rings is 1. The Labute approximate surface area is 280 Å². The zero-order valence-electron chi connectivity index (χ0n) is 26.7. The van der Waals surface area contributed by atoms with Crippen LogP contribution in [-0.2, 0) is 42.7 Å². The van der Waals surface area contributed by atoms with Gasteiger partial charge in [0.2, 0.25) is 6.29 Å². The summed E-state index contributed by atoms with van der Waals surface area (Å²) in [4.78, 5) is 13.8. The van der Waals surface area contributed by atoms with Crippen LogP contribution in [-0.4, -0.2) is 170 Å². The van der Waals surface area contributed by atoms with Gasteiger partial charge in [0, 0.05) is 17.8 Å². The summed E-state index contributed by atoms with van der Waals surface area (Å²) < 4.78 is 46.8. The molecule has 0 spiro atoms. The van der Waals surface area contributed by atoms with Gasteiger partial charge in [0.15, 0.2) is 18.9 Å². The summed E-state index contributed by atoms with van der Waals surface area (Å²) in [5.74, 6) is -2.44. The summed E-state index contributed by atoms with van der Waals surface area (Å²) in [5.41, 5.74) is -0.913. The Morgan fingerprint density at radius 1 is 0.816 bits per heavy atom. The lowest BCUT2D eigenvalue weighted by Gasteiger charge is -2.44. The highest BCUT2D eigenvalue weighted by Gasteiger charge is 2.77. The average Bonchev–Trinajstić information content (AvgIpc) is 3.62. The summed E-state index contributed by atoms with van der Waals surface area (Å²) >= 11 is 0. The van der Waals surface area contributed by atoms with E-state index in [1.807, 2.05) is 6.92 Å². The van der Waals surface area contributed by atoms with E-state index in [4.69, 9.17) is 37.9 Å². The fourth-order valence-corrected chi connectivity index (χ4v) is 8.81. The molecule has 0 radical (unpaired) electrons. The van der Waals surface area contributed by atoms with Gasteiger partial charge in [-0.15, -0.1) is 0 Å². The molecule has 5 aliphatic heterocycles. The Hall–Kier alpha value is -1.59. The van der Waals surface area contributed by atoms with Crippen LogP contribution in [0.2, 0.25) is 0 Å². The summed E-state index contributed by atoms with van der Waals surface area (Å²) in [6.07, 6.45) is -15.6. The molecule has 5 heterocycles. The van der Waals surface area contributed by atoms with Gasteiger partial charge in [-0.05, 0) is 25.2 Å². The van der Waals surface area contributed by atoms with Crippen LogP contribution in [0, 0.1) is 29.6 Å². The molecule has 0 bridgehead atoms. The number of carbonyl (C=O) groups excluding carboxylic acids is 1. The lowest BCUT2D eigenvalue weighted by atomic mass is 9.82. The molecule has 0 aromatic carbocycles. The summed E-state index contributed by atoms with van der Waals surface area (Å²) in [6.45, 7) is 0.421. The highest BCUT2D eigenvalue weighted by Crippen LogP contribution is 2.61. The minimum absolute atomic E-state index is 0.0110. The normalized spacial score (nSPS) is 53.5. The predicted octanol–water partition coefficient (Wildman–Crippen LogP) is -4.44. The second-order valence-corrected chi connectivity index (χ2v) is 14.2. The standard InChI is InChI=1S/C31H46O18/c1-10-2-3-11-13(8-43-27(16(10)11)47-29-22(39)20(37)18(35)14(6-32)44-29)26(41)46-24-12-4-5-42-28(17(12)31(9-34)25(24)49-31)48-30-23(40)21(38)19(36)15(7-33)45-30/h8,10-12,14-25,27-30,32-40H,2-7,9H2,1H3. The van der Waals surface area contributed by atoms with E-state index in [0.29, 0.717) is 12.8 Å². The molecular weight excluding hydrogens is 660 g/mol. The van der Waals surface area contributed by atoms with Crippen molar-refractivity contribution in [2.24, 2.45) is 29.6 Å². The maximum absolute atomic E-state index is 13.8. The fraction of sp³-hybridized carbons (Fsp3) is 0.903. The first-order chi connectivity index (χ1) is 23.4. The van der Waals surface area contributed by atoms with Crippen molar-refractivity contribution in [3.63, 3.8) is 0 Å². The Morgan fingerprint density at radius 2 is 1.43 bits per heavy atom. The van der Waals surface area contributed by atoms with Crippen LogP contribution < -0.4 is 0 Å². The van der Waals surface area contributed by atoms with E-state index in [1.165, 1.54) is 6.26 Å². The monoisotopic (exact) mass is 706 g/mol. The number of ether oxygens (including phenoxy) is 8. The molecular formula is C31H46O18. The number of rotatable bonds is 9. The molecule has 0 aromatic rings. The molecule has 6 fully saturated rings. The van der Waals surface area contributed by atoms with E-state index in [9.17, 15) is 50.8 Å². The predicted molar refractivity (Wildman–Crippen MR) is 154 cm³/mol. The largest absolute Gasteiger partial charge is 0.472 e. The van der Waals surface area contributed by atoms with Crippen molar-refractivity contribution in [2.75, 3.05) is 26.4 Å². The second kappa shape index (κ2) is 13.8. The Bertz CT molecular complexity index is 1230. The van der Waals surface area contributed by atoms with Crippen molar-refractivity contribution < 1.29 is 88.6 Å². The molecule has 49 heavy (non-hydrogen) atoms. The van der Waals surface area contributed by atoms with E-state index in [0.717, 1.165) is 6.42 Å². The van der Waals surface area contributed by atoms with E-state index in [-0.39, 0.29) is 29.9 Å². The number of hydrogen-bond acceptors (Lipinski definition) is 18. The van der Waals surface area contributed by atoms with Crippen LogP contribution in [0.4, 0.5) is 0 Å². The molecule has 20 unspecified atom stereocenters. The number of aliphatic hydroxyl groups excluding tert-OH is 9. The smallest absolute Gasteiger partial charge is 0.337 e. The van der Waals surface area contributed by atoms with E-state index < -0.39 is 129 Å². The SMILES string of the molecule is CC1CCC2C(C(=O)OC3C4CCOC(OC5OC(CO)C(O)C(O)C5O)C4C4(CO)OC34)=COC(OC3OC(CO)C(O)C(O)C3O)C12. The highest BCUT2D eigenvalue weighted by atomic mass is 16.8. The molecule has 0 amide bonds. The third-order valence-corrected chi connectivity index (χ3v) is 11.6. The third kappa shape index (κ3) is 5.91. The maximum atomic E-state index is 13.8. The first kappa shape index (κ1) is 35.8. The van der Waals surface area contributed by atoms with Crippen molar-refractivity contribution in [3.05, 3.63) is 11.8 Å². The molecule has 2 saturated carbocycles. The quantitative estimate of drug-likeness (QED) is 0.0808. The van der Waals surface area contributed by atoms with Crippen LogP contribution in [0.25, 0.3) is 0 Å². The molecule has 20 atom stereocenters. The molecule has 7 rings (SSSR count). The lowest BCUT2D eigenvalue weighted by Crippen LogP contribution is -2.61. The van der Waals surface area contributed by atoms with Gasteiger partial charge in [-0.1, -0.05) is 6.92 Å². The van der Waals surface area contributed by atoms with E-state index in [2.05, 4.69) is 0 Å². The van der Waals surface area contributed by atoms with Gasteiger partial charge in [-0.25, -0.2) is 4.79 Å². The first-order valence-corrected chi connectivity index (χ1v) is 16.8. The van der Waals surface area contributed by atoms with Crippen molar-refractivity contribution in [1.29, 1.82) is 0 Å². The zero-order valence-corrected chi connectivity index (χ0v) is 26.7. The first-order valence-electron chi connectivity index (χ1n) is 16.8. The Balaban J connectivity index is 1.05. The molecule has 2 aliphatic carbocycles. The number of esters is 1. The number of hydrogen-bond donors (Lipinski definition) is 9. The van der Waals surface area contributed by atoms with Gasteiger partial charge in [0.25, 0.3) is 0 Å². The Kier molecular flexibility index (Phi) is 10.0. The van der Waals surface area contributed by atoms with Crippen molar-refractivity contribution in [1.82, 2.24) is 0 Å². The molecule has 278 valence electrons. The van der Waals surface area contributed by atoms with Gasteiger partial charge >= 0.3 is 5.97 Å². The van der Waals surface area contributed by atoms with Gasteiger partial charge in [-0.3, -0.25) is 0 Å². The molecule has 18 nitrogen and oxygen atoms in total. The molecule has 9 N–H and O–H groups in total. The van der Waals surface area contributed by atoms with Crippen LogP contribution in [0.1, 0.15) is 26.2 Å². The van der Waals surface area contributed by atoms with Crippen molar-refractivity contribution in [2.45, 2.75) is 118 Å². The van der Waals surface area contributed by atoms with Gasteiger partial charge in [0.1, 0.15) is 66.6 Å². The van der Waals surface area contributed by atoms with Gasteiger partial charge in [0.05, 0.1) is 44.2 Å². The van der Waals surface area contributed by atoms with Crippen LogP contribution in [0.3, 0.4) is 0 Å². The fourth-order valence-electron chi connectivity index (χ4n) is 8.81. The molecule has 18 heteroatoms. The minimum Gasteiger partial charge on any atom is -0.472 e. The number of carbonyl (C=O) groups is 1. The van der Waals surface area contributed by atoms with Gasteiger partial charge in [-0.2, -0.15) is 0 Å². The van der Waals surface area contributed by atoms with E-state index >= 15 is 0 Å². The lowest BCUT2D eigenvalue weighted by molar-refractivity contribution is -0.356. The summed E-state index contributed by atoms with van der Waals surface area (Å²) in [5, 5.41) is 91.4. The number of aliphatic hydroxyl groups is 9. The maximum Gasteiger partial charge on any atom is 0.337 e. The van der Waals surface area contributed by atoms with Gasteiger partial charge < -0.3 is 83.9 Å². The van der Waals surface area contributed by atoms with Crippen molar-refractivity contribution >= 4 is 5.97 Å². The Morgan fingerprint density at radius 3 is 2.02 bits per heavy atom. The topological polar surface area (TPSA) is 276 Å².